The summed E-state index contributed by atoms with van der Waals surface area (Å²) in [7, 11) is 0. The van der Waals surface area contributed by atoms with E-state index in [0.29, 0.717) is 17.5 Å². The summed E-state index contributed by atoms with van der Waals surface area (Å²) in [6, 6.07) is 78.5. The molecule has 0 aliphatic rings. The van der Waals surface area contributed by atoms with E-state index < -0.39 is 0 Å². The molecule has 13 rings (SSSR count). The van der Waals surface area contributed by atoms with Gasteiger partial charge in [-0.05, 0) is 96.5 Å². The monoisotopic (exact) mass is 800 g/mol. The van der Waals surface area contributed by atoms with Gasteiger partial charge in [0.1, 0.15) is 0 Å². The SMILES string of the molecule is c1ccc(-c2nc(-c3ccc4ccccc4c3)nc(-c3cc(-c4ccc5ccccc5c4)c(-n4c5cc6ccccc6cc5c5cc6ccccc6cc54)c4ccccc34)n2)cc1. The van der Waals surface area contributed by atoms with E-state index in [0.717, 1.165) is 60.7 Å². The molecule has 0 amide bonds. The van der Waals surface area contributed by atoms with E-state index in [9.17, 15) is 0 Å². The van der Waals surface area contributed by atoms with Gasteiger partial charge in [0.2, 0.25) is 0 Å². The minimum Gasteiger partial charge on any atom is -0.308 e. The third kappa shape index (κ3) is 5.80. The fourth-order valence-electron chi connectivity index (χ4n) is 9.66. The van der Waals surface area contributed by atoms with Crippen LogP contribution in [0.1, 0.15) is 0 Å². The largest absolute Gasteiger partial charge is 0.308 e. The maximum atomic E-state index is 5.37. The molecule has 4 nitrogen and oxygen atoms in total. The first-order valence-corrected chi connectivity index (χ1v) is 21.4. The summed E-state index contributed by atoms with van der Waals surface area (Å²) in [6.07, 6.45) is 0. The van der Waals surface area contributed by atoms with Crippen molar-refractivity contribution in [3.05, 3.63) is 218 Å². The Balaban J connectivity index is 1.17. The first-order valence-electron chi connectivity index (χ1n) is 21.4. The molecule has 63 heavy (non-hydrogen) atoms. The molecule has 0 spiro atoms. The van der Waals surface area contributed by atoms with Crippen molar-refractivity contribution < 1.29 is 0 Å². The molecule has 2 aromatic heterocycles. The van der Waals surface area contributed by atoms with Crippen LogP contribution in [0.5, 0.6) is 0 Å². The molecule has 0 unspecified atom stereocenters. The van der Waals surface area contributed by atoms with Gasteiger partial charge in [0, 0.05) is 38.4 Å². The van der Waals surface area contributed by atoms with Gasteiger partial charge >= 0.3 is 0 Å². The van der Waals surface area contributed by atoms with Crippen molar-refractivity contribution in [2.45, 2.75) is 0 Å². The highest BCUT2D eigenvalue weighted by atomic mass is 15.0. The summed E-state index contributed by atoms with van der Waals surface area (Å²) >= 11 is 0. The molecular weight excluding hydrogens is 765 g/mol. The van der Waals surface area contributed by atoms with Gasteiger partial charge in [0.15, 0.2) is 17.5 Å². The Morgan fingerprint density at radius 1 is 0.254 bits per heavy atom. The third-order valence-electron chi connectivity index (χ3n) is 12.7. The van der Waals surface area contributed by atoms with E-state index in [1.807, 2.05) is 18.2 Å². The first-order chi connectivity index (χ1) is 31.2. The van der Waals surface area contributed by atoms with E-state index in [4.69, 9.17) is 15.0 Å². The molecule has 0 aliphatic carbocycles. The summed E-state index contributed by atoms with van der Waals surface area (Å²) in [5.74, 6) is 1.88. The minimum atomic E-state index is 0.621. The Labute approximate surface area is 363 Å². The van der Waals surface area contributed by atoms with Crippen LogP contribution in [0.4, 0.5) is 0 Å². The maximum absolute atomic E-state index is 5.37. The van der Waals surface area contributed by atoms with Crippen molar-refractivity contribution in [2.24, 2.45) is 0 Å². The van der Waals surface area contributed by atoms with Crippen LogP contribution < -0.4 is 0 Å². The van der Waals surface area contributed by atoms with Crippen LogP contribution in [0.25, 0.3) is 127 Å². The van der Waals surface area contributed by atoms with Crippen LogP contribution in [-0.2, 0) is 0 Å². The highest BCUT2D eigenvalue weighted by Crippen LogP contribution is 2.45. The van der Waals surface area contributed by atoms with Crippen LogP contribution in [0.3, 0.4) is 0 Å². The van der Waals surface area contributed by atoms with Crippen LogP contribution >= 0.6 is 0 Å². The Kier molecular flexibility index (Phi) is 7.87. The fourth-order valence-corrected chi connectivity index (χ4v) is 9.66. The van der Waals surface area contributed by atoms with Crippen molar-refractivity contribution in [1.82, 2.24) is 19.5 Å². The number of fused-ring (bicyclic) bond motifs is 8. The van der Waals surface area contributed by atoms with Gasteiger partial charge in [0.05, 0.1) is 16.7 Å². The normalized spacial score (nSPS) is 11.8. The smallest absolute Gasteiger partial charge is 0.164 e. The van der Waals surface area contributed by atoms with E-state index >= 15 is 0 Å². The Morgan fingerprint density at radius 2 is 0.683 bits per heavy atom. The summed E-state index contributed by atoms with van der Waals surface area (Å²) in [5.41, 5.74) is 8.44. The van der Waals surface area contributed by atoms with Crippen molar-refractivity contribution in [2.75, 3.05) is 0 Å². The molecule has 0 bridgehead atoms. The molecular formula is C59H36N4. The lowest BCUT2D eigenvalue weighted by Gasteiger charge is -2.20. The van der Waals surface area contributed by atoms with E-state index in [-0.39, 0.29) is 0 Å². The van der Waals surface area contributed by atoms with Gasteiger partial charge < -0.3 is 4.57 Å². The number of hydrogen-bond acceptors (Lipinski definition) is 3. The van der Waals surface area contributed by atoms with Gasteiger partial charge in [-0.15, -0.1) is 0 Å². The molecule has 292 valence electrons. The summed E-state index contributed by atoms with van der Waals surface area (Å²) in [4.78, 5) is 15.9. The molecule has 0 saturated heterocycles. The van der Waals surface area contributed by atoms with Crippen LogP contribution in [-0.4, -0.2) is 19.5 Å². The predicted molar refractivity (Wildman–Crippen MR) is 263 cm³/mol. The van der Waals surface area contributed by atoms with Crippen molar-refractivity contribution in [3.63, 3.8) is 0 Å². The lowest BCUT2D eigenvalue weighted by atomic mass is 9.92. The molecule has 0 radical (unpaired) electrons. The number of nitrogens with zero attached hydrogens (tertiary/aromatic N) is 4. The average molecular weight is 801 g/mol. The third-order valence-corrected chi connectivity index (χ3v) is 12.7. The van der Waals surface area contributed by atoms with Crippen molar-refractivity contribution >= 4 is 75.7 Å². The van der Waals surface area contributed by atoms with E-state index in [1.54, 1.807) is 0 Å². The second-order valence-corrected chi connectivity index (χ2v) is 16.4. The molecule has 13 aromatic rings. The van der Waals surface area contributed by atoms with Gasteiger partial charge in [-0.25, -0.2) is 15.0 Å². The van der Waals surface area contributed by atoms with Crippen molar-refractivity contribution in [3.8, 4) is 51.0 Å². The van der Waals surface area contributed by atoms with Gasteiger partial charge in [-0.1, -0.05) is 176 Å². The van der Waals surface area contributed by atoms with E-state index in [1.165, 1.54) is 48.5 Å². The minimum absolute atomic E-state index is 0.621. The molecule has 4 heteroatoms. The zero-order valence-corrected chi connectivity index (χ0v) is 34.1. The van der Waals surface area contributed by atoms with Gasteiger partial charge in [-0.3, -0.25) is 0 Å². The molecule has 0 fully saturated rings. The lowest BCUT2D eigenvalue weighted by molar-refractivity contribution is 1.08. The number of benzene rings is 11. The second kappa shape index (κ2) is 14.1. The molecule has 0 saturated carbocycles. The molecule has 11 aromatic carbocycles. The van der Waals surface area contributed by atoms with Crippen LogP contribution in [0, 0.1) is 0 Å². The topological polar surface area (TPSA) is 43.6 Å². The maximum Gasteiger partial charge on any atom is 0.164 e. The standard InChI is InChI=1S/C59H36N4/c1-2-16-39(17-3-1)57-60-58(47-29-27-38-15-5-7-19-41(38)31-47)62-59(61-57)53-36-50(46-28-26-37-14-4-6-18-40(37)30-46)56(49-25-13-12-24-48(49)53)63-54-34-44-22-10-8-20-42(44)32-51(54)52-33-43-21-9-11-23-45(43)35-55(52)63/h1-36H. The average Bonchev–Trinajstić information content (AvgIpc) is 3.65. The molecule has 2 heterocycles. The second-order valence-electron chi connectivity index (χ2n) is 16.4. The Morgan fingerprint density at radius 3 is 1.27 bits per heavy atom. The number of aromatic nitrogens is 4. The van der Waals surface area contributed by atoms with Crippen molar-refractivity contribution in [1.29, 1.82) is 0 Å². The highest BCUT2D eigenvalue weighted by molar-refractivity contribution is 6.19. The summed E-state index contributed by atoms with van der Waals surface area (Å²) in [6.45, 7) is 0. The number of rotatable bonds is 5. The summed E-state index contributed by atoms with van der Waals surface area (Å²) in [5, 5.41) is 14.1. The first kappa shape index (κ1) is 35.3. The van der Waals surface area contributed by atoms with E-state index in [2.05, 4.69) is 205 Å². The van der Waals surface area contributed by atoms with Crippen LogP contribution in [0.2, 0.25) is 0 Å². The highest BCUT2D eigenvalue weighted by Gasteiger charge is 2.24. The molecule has 0 aliphatic heterocycles. The van der Waals surface area contributed by atoms with Crippen LogP contribution in [0.15, 0.2) is 218 Å². The summed E-state index contributed by atoms with van der Waals surface area (Å²) < 4.78 is 2.52. The fraction of sp³-hybridized carbons (Fsp3) is 0. The van der Waals surface area contributed by atoms with Gasteiger partial charge in [0.25, 0.3) is 0 Å². The predicted octanol–water partition coefficient (Wildman–Crippen LogP) is 15.4. The Hall–Kier alpha value is -8.47. The lowest BCUT2D eigenvalue weighted by Crippen LogP contribution is -2.03. The zero-order chi connectivity index (χ0) is 41.4. The Bertz CT molecular complexity index is 3880. The quantitative estimate of drug-likeness (QED) is 0.174. The number of hydrogen-bond donors (Lipinski definition) is 0. The van der Waals surface area contributed by atoms with Gasteiger partial charge in [-0.2, -0.15) is 0 Å². The zero-order valence-electron chi connectivity index (χ0n) is 34.1. The molecule has 0 N–H and O–H groups in total. The molecule has 0 atom stereocenters.